The van der Waals surface area contributed by atoms with Gasteiger partial charge in [-0.2, -0.15) is 0 Å². The van der Waals surface area contributed by atoms with Gasteiger partial charge in [0.2, 0.25) is 0 Å². The van der Waals surface area contributed by atoms with E-state index in [0.29, 0.717) is 5.56 Å². The maximum atomic E-state index is 14.2. The van der Waals surface area contributed by atoms with E-state index < -0.39 is 6.04 Å². The second-order valence-electron chi connectivity index (χ2n) is 5.18. The van der Waals surface area contributed by atoms with Crippen LogP contribution in [0.25, 0.3) is 0 Å². The molecule has 2 aromatic carbocycles. The van der Waals surface area contributed by atoms with Gasteiger partial charge in [-0.05, 0) is 55.2 Å². The minimum absolute atomic E-state index is 0.247. The Morgan fingerprint density at radius 1 is 1.05 bits per heavy atom. The van der Waals surface area contributed by atoms with Gasteiger partial charge in [0.25, 0.3) is 0 Å². The van der Waals surface area contributed by atoms with E-state index in [0.717, 1.165) is 28.0 Å². The highest BCUT2D eigenvalue weighted by molar-refractivity contribution is 5.43. The van der Waals surface area contributed by atoms with E-state index in [4.69, 9.17) is 10.5 Å². The SMILES string of the molecule is COc1ccc(C(N)c2c(C)cc(C)cc2F)cc1C. The number of hydrogen-bond donors (Lipinski definition) is 1. The summed E-state index contributed by atoms with van der Waals surface area (Å²) in [4.78, 5) is 0. The van der Waals surface area contributed by atoms with Crippen LogP contribution in [0.5, 0.6) is 5.75 Å². The lowest BCUT2D eigenvalue weighted by molar-refractivity contribution is 0.411. The molecule has 0 saturated carbocycles. The van der Waals surface area contributed by atoms with E-state index in [-0.39, 0.29) is 5.82 Å². The van der Waals surface area contributed by atoms with Crippen LogP contribution in [0.4, 0.5) is 4.39 Å². The van der Waals surface area contributed by atoms with Crippen LogP contribution in [-0.2, 0) is 0 Å². The van der Waals surface area contributed by atoms with Crippen LogP contribution in [-0.4, -0.2) is 7.11 Å². The number of aryl methyl sites for hydroxylation is 3. The summed E-state index contributed by atoms with van der Waals surface area (Å²) in [6, 6.07) is 8.71. The van der Waals surface area contributed by atoms with E-state index >= 15 is 0 Å². The summed E-state index contributed by atoms with van der Waals surface area (Å²) in [7, 11) is 1.63. The zero-order valence-electron chi connectivity index (χ0n) is 12.3. The van der Waals surface area contributed by atoms with Gasteiger partial charge in [0.15, 0.2) is 0 Å². The highest BCUT2D eigenvalue weighted by Gasteiger charge is 2.17. The average Bonchev–Trinajstić information content (AvgIpc) is 2.37. The molecule has 2 aromatic rings. The molecule has 1 atom stereocenters. The first-order chi connectivity index (χ1) is 9.43. The smallest absolute Gasteiger partial charge is 0.128 e. The molecule has 1 unspecified atom stereocenters. The van der Waals surface area contributed by atoms with Crippen LogP contribution in [0.15, 0.2) is 30.3 Å². The average molecular weight is 273 g/mol. The quantitative estimate of drug-likeness (QED) is 0.923. The first-order valence-corrected chi connectivity index (χ1v) is 6.60. The largest absolute Gasteiger partial charge is 0.496 e. The Morgan fingerprint density at radius 2 is 1.75 bits per heavy atom. The predicted octanol–water partition coefficient (Wildman–Crippen LogP) is 3.81. The van der Waals surface area contributed by atoms with Gasteiger partial charge in [-0.1, -0.05) is 18.2 Å². The highest BCUT2D eigenvalue weighted by Crippen LogP contribution is 2.29. The third-order valence-electron chi connectivity index (χ3n) is 3.57. The molecule has 0 heterocycles. The van der Waals surface area contributed by atoms with Crippen molar-refractivity contribution in [3.63, 3.8) is 0 Å². The minimum Gasteiger partial charge on any atom is -0.496 e. The summed E-state index contributed by atoms with van der Waals surface area (Å²) in [5.41, 5.74) is 10.5. The van der Waals surface area contributed by atoms with Gasteiger partial charge in [0.05, 0.1) is 13.2 Å². The van der Waals surface area contributed by atoms with E-state index in [2.05, 4.69) is 0 Å². The number of benzene rings is 2. The minimum atomic E-state index is -0.472. The van der Waals surface area contributed by atoms with Gasteiger partial charge in [-0.25, -0.2) is 4.39 Å². The van der Waals surface area contributed by atoms with Crippen molar-refractivity contribution in [1.82, 2.24) is 0 Å². The number of rotatable bonds is 3. The molecule has 2 N–H and O–H groups in total. The number of halogens is 1. The molecule has 0 aliphatic heterocycles. The molecule has 106 valence electrons. The zero-order chi connectivity index (χ0) is 14.9. The lowest BCUT2D eigenvalue weighted by Crippen LogP contribution is -2.15. The Balaban J connectivity index is 2.46. The molecule has 0 spiro atoms. The molecule has 2 nitrogen and oxygen atoms in total. The molecule has 2 rings (SSSR count). The Hall–Kier alpha value is -1.87. The summed E-state index contributed by atoms with van der Waals surface area (Å²) in [6.45, 7) is 5.72. The Labute approximate surface area is 119 Å². The molecule has 0 aliphatic carbocycles. The van der Waals surface area contributed by atoms with E-state index in [1.807, 2.05) is 45.0 Å². The molecule has 0 radical (unpaired) electrons. The second kappa shape index (κ2) is 5.63. The molecule has 0 saturated heterocycles. The molecule has 3 heteroatoms. The van der Waals surface area contributed by atoms with Crippen LogP contribution in [0.2, 0.25) is 0 Å². The van der Waals surface area contributed by atoms with Gasteiger partial charge in [0.1, 0.15) is 11.6 Å². The third-order valence-corrected chi connectivity index (χ3v) is 3.57. The molecular formula is C17H20FNO. The van der Waals surface area contributed by atoms with Crippen LogP contribution >= 0.6 is 0 Å². The van der Waals surface area contributed by atoms with Crippen molar-refractivity contribution in [2.75, 3.05) is 7.11 Å². The summed E-state index contributed by atoms with van der Waals surface area (Å²) in [6.07, 6.45) is 0. The molecular weight excluding hydrogens is 253 g/mol. The standard InChI is InChI=1S/C17H20FNO/c1-10-7-12(3)16(14(18)8-10)17(19)13-5-6-15(20-4)11(2)9-13/h5-9,17H,19H2,1-4H3. The van der Waals surface area contributed by atoms with Crippen LogP contribution < -0.4 is 10.5 Å². The number of hydrogen-bond acceptors (Lipinski definition) is 2. The summed E-state index contributed by atoms with van der Waals surface area (Å²) in [5, 5.41) is 0. The predicted molar refractivity (Wildman–Crippen MR) is 79.6 cm³/mol. The van der Waals surface area contributed by atoms with Gasteiger partial charge < -0.3 is 10.5 Å². The van der Waals surface area contributed by atoms with Gasteiger partial charge >= 0.3 is 0 Å². The van der Waals surface area contributed by atoms with Crippen molar-refractivity contribution in [1.29, 1.82) is 0 Å². The normalized spacial score (nSPS) is 12.3. The topological polar surface area (TPSA) is 35.2 Å². The molecule has 0 aliphatic rings. The van der Waals surface area contributed by atoms with Gasteiger partial charge in [0, 0.05) is 5.56 Å². The lowest BCUT2D eigenvalue weighted by Gasteiger charge is -2.18. The van der Waals surface area contributed by atoms with Crippen LogP contribution in [0, 0.1) is 26.6 Å². The second-order valence-corrected chi connectivity index (χ2v) is 5.18. The van der Waals surface area contributed by atoms with Gasteiger partial charge in [-0.3, -0.25) is 0 Å². The molecule has 0 aromatic heterocycles. The van der Waals surface area contributed by atoms with Crippen molar-refractivity contribution >= 4 is 0 Å². The number of ether oxygens (including phenoxy) is 1. The highest BCUT2D eigenvalue weighted by atomic mass is 19.1. The summed E-state index contributed by atoms with van der Waals surface area (Å²) in [5.74, 6) is 0.561. The number of methoxy groups -OCH3 is 1. The monoisotopic (exact) mass is 273 g/mol. The van der Waals surface area contributed by atoms with Gasteiger partial charge in [-0.15, -0.1) is 0 Å². The van der Waals surface area contributed by atoms with Crippen molar-refractivity contribution in [3.05, 3.63) is 64.0 Å². The Morgan fingerprint density at radius 3 is 2.30 bits per heavy atom. The van der Waals surface area contributed by atoms with E-state index in [1.54, 1.807) is 7.11 Å². The third kappa shape index (κ3) is 2.68. The maximum absolute atomic E-state index is 14.2. The van der Waals surface area contributed by atoms with E-state index in [1.165, 1.54) is 6.07 Å². The Bertz CT molecular complexity index is 614. The van der Waals surface area contributed by atoms with Crippen LogP contribution in [0.1, 0.15) is 33.9 Å². The van der Waals surface area contributed by atoms with Crippen molar-refractivity contribution in [2.24, 2.45) is 5.73 Å². The van der Waals surface area contributed by atoms with Crippen molar-refractivity contribution in [3.8, 4) is 5.75 Å². The Kier molecular flexibility index (Phi) is 4.09. The maximum Gasteiger partial charge on any atom is 0.128 e. The summed E-state index contributed by atoms with van der Waals surface area (Å²) >= 11 is 0. The van der Waals surface area contributed by atoms with Crippen molar-refractivity contribution in [2.45, 2.75) is 26.8 Å². The fourth-order valence-corrected chi connectivity index (χ4v) is 2.58. The molecule has 0 fully saturated rings. The zero-order valence-corrected chi connectivity index (χ0v) is 12.3. The first kappa shape index (κ1) is 14.5. The fourth-order valence-electron chi connectivity index (χ4n) is 2.58. The van der Waals surface area contributed by atoms with Crippen LogP contribution in [0.3, 0.4) is 0 Å². The first-order valence-electron chi connectivity index (χ1n) is 6.60. The lowest BCUT2D eigenvalue weighted by atomic mass is 9.93. The molecule has 0 amide bonds. The fraction of sp³-hybridized carbons (Fsp3) is 0.294. The molecule has 0 bridgehead atoms. The summed E-state index contributed by atoms with van der Waals surface area (Å²) < 4.78 is 19.4. The van der Waals surface area contributed by atoms with E-state index in [9.17, 15) is 4.39 Å². The molecule has 20 heavy (non-hydrogen) atoms. The number of nitrogens with two attached hydrogens (primary N) is 1. The van der Waals surface area contributed by atoms with Crippen molar-refractivity contribution < 1.29 is 9.13 Å².